The maximum absolute atomic E-state index is 12.8. The number of rotatable bonds is 4. The molecule has 1 unspecified atom stereocenters. The minimum atomic E-state index is -0.360. The Morgan fingerprint density at radius 2 is 1.77 bits per heavy atom. The van der Waals surface area contributed by atoms with Crippen LogP contribution in [0.4, 0.5) is 0 Å². The third-order valence-electron chi connectivity index (χ3n) is 4.58. The van der Waals surface area contributed by atoms with Gasteiger partial charge < -0.3 is 5.32 Å². The molecule has 0 spiro atoms. The van der Waals surface area contributed by atoms with Crippen LogP contribution in [0.1, 0.15) is 42.5 Å². The second kappa shape index (κ2) is 5.77. The summed E-state index contributed by atoms with van der Waals surface area (Å²) in [6.07, 6.45) is 1.81. The molecule has 2 nitrogen and oxygen atoms in total. The van der Waals surface area contributed by atoms with Gasteiger partial charge in [0.2, 0.25) is 5.91 Å². The van der Waals surface area contributed by atoms with Crippen LogP contribution in [0.15, 0.2) is 48.5 Å². The number of carbonyl (C=O) groups excluding carboxylic acids is 1. The SMILES string of the molecule is Cc1ccccc1C(C)NC(=O)C1(c2ccc(Cl)cc2)CC1. The average Bonchev–Trinajstić information content (AvgIpc) is 3.30. The van der Waals surface area contributed by atoms with Gasteiger partial charge in [0, 0.05) is 5.02 Å². The Morgan fingerprint density at radius 1 is 1.14 bits per heavy atom. The highest BCUT2D eigenvalue weighted by atomic mass is 35.5. The van der Waals surface area contributed by atoms with Crippen LogP contribution >= 0.6 is 11.6 Å². The van der Waals surface area contributed by atoms with Gasteiger partial charge in [0.15, 0.2) is 0 Å². The molecular formula is C19H20ClNO. The lowest BCUT2D eigenvalue weighted by atomic mass is 9.94. The van der Waals surface area contributed by atoms with E-state index in [0.717, 1.165) is 18.4 Å². The van der Waals surface area contributed by atoms with Gasteiger partial charge >= 0.3 is 0 Å². The monoisotopic (exact) mass is 313 g/mol. The second-order valence-corrected chi connectivity index (χ2v) is 6.58. The molecule has 0 aromatic heterocycles. The van der Waals surface area contributed by atoms with E-state index in [0.29, 0.717) is 5.02 Å². The number of aryl methyl sites for hydroxylation is 1. The van der Waals surface area contributed by atoms with Crippen molar-refractivity contribution in [3.05, 3.63) is 70.2 Å². The number of amides is 1. The van der Waals surface area contributed by atoms with E-state index in [4.69, 9.17) is 11.6 Å². The first-order valence-electron chi connectivity index (χ1n) is 7.65. The molecule has 1 aliphatic rings. The fraction of sp³-hybridized carbons (Fsp3) is 0.316. The molecule has 1 N–H and O–H groups in total. The predicted molar refractivity (Wildman–Crippen MR) is 90.1 cm³/mol. The Morgan fingerprint density at radius 3 is 2.36 bits per heavy atom. The first-order chi connectivity index (χ1) is 10.5. The summed E-state index contributed by atoms with van der Waals surface area (Å²) in [5, 5.41) is 3.88. The van der Waals surface area contributed by atoms with Gasteiger partial charge in [0.25, 0.3) is 0 Å². The number of nitrogens with one attached hydrogen (secondary N) is 1. The van der Waals surface area contributed by atoms with Crippen LogP contribution < -0.4 is 5.32 Å². The van der Waals surface area contributed by atoms with Crippen LogP contribution in [-0.2, 0) is 10.2 Å². The highest BCUT2D eigenvalue weighted by Gasteiger charge is 2.51. The number of hydrogen-bond acceptors (Lipinski definition) is 1. The maximum Gasteiger partial charge on any atom is 0.231 e. The summed E-state index contributed by atoms with van der Waals surface area (Å²) in [6, 6.07) is 15.8. The van der Waals surface area contributed by atoms with Crippen molar-refractivity contribution in [2.75, 3.05) is 0 Å². The molecule has 1 aliphatic carbocycles. The molecule has 1 saturated carbocycles. The van der Waals surface area contributed by atoms with E-state index in [1.807, 2.05) is 43.3 Å². The highest BCUT2D eigenvalue weighted by molar-refractivity contribution is 6.30. The first kappa shape index (κ1) is 15.1. The van der Waals surface area contributed by atoms with Gasteiger partial charge in [-0.05, 0) is 55.5 Å². The minimum absolute atomic E-state index is 0.0125. The zero-order chi connectivity index (χ0) is 15.7. The number of benzene rings is 2. The minimum Gasteiger partial charge on any atom is -0.349 e. The second-order valence-electron chi connectivity index (χ2n) is 6.14. The number of hydrogen-bond donors (Lipinski definition) is 1. The Labute approximate surface area is 136 Å². The van der Waals surface area contributed by atoms with Crippen LogP contribution in [-0.4, -0.2) is 5.91 Å². The van der Waals surface area contributed by atoms with Crippen molar-refractivity contribution in [3.63, 3.8) is 0 Å². The molecule has 22 heavy (non-hydrogen) atoms. The third kappa shape index (κ3) is 2.76. The molecule has 1 amide bonds. The molecular weight excluding hydrogens is 294 g/mol. The molecule has 0 heterocycles. The van der Waals surface area contributed by atoms with E-state index in [2.05, 4.69) is 24.4 Å². The van der Waals surface area contributed by atoms with Crippen LogP contribution in [0.2, 0.25) is 5.02 Å². The first-order valence-corrected chi connectivity index (χ1v) is 8.03. The van der Waals surface area contributed by atoms with E-state index in [9.17, 15) is 4.79 Å². The van der Waals surface area contributed by atoms with Crippen LogP contribution in [0.25, 0.3) is 0 Å². The molecule has 3 heteroatoms. The van der Waals surface area contributed by atoms with Crippen molar-refractivity contribution < 1.29 is 4.79 Å². The topological polar surface area (TPSA) is 29.1 Å². The van der Waals surface area contributed by atoms with Crippen molar-refractivity contribution in [1.82, 2.24) is 5.32 Å². The molecule has 1 atom stereocenters. The van der Waals surface area contributed by atoms with Gasteiger partial charge in [-0.15, -0.1) is 0 Å². The quantitative estimate of drug-likeness (QED) is 0.881. The Balaban J connectivity index is 1.77. The highest BCUT2D eigenvalue weighted by Crippen LogP contribution is 2.48. The summed E-state index contributed by atoms with van der Waals surface area (Å²) in [7, 11) is 0. The Bertz CT molecular complexity index is 689. The van der Waals surface area contributed by atoms with Gasteiger partial charge in [0.1, 0.15) is 0 Å². The zero-order valence-corrected chi connectivity index (χ0v) is 13.7. The lowest BCUT2D eigenvalue weighted by molar-refractivity contribution is -0.124. The molecule has 0 saturated heterocycles. The van der Waals surface area contributed by atoms with Crippen LogP contribution in [0.3, 0.4) is 0 Å². The summed E-state index contributed by atoms with van der Waals surface area (Å²) in [5.41, 5.74) is 3.07. The molecule has 3 rings (SSSR count). The van der Waals surface area contributed by atoms with E-state index in [1.165, 1.54) is 11.1 Å². The van der Waals surface area contributed by atoms with Crippen molar-refractivity contribution in [2.24, 2.45) is 0 Å². The molecule has 2 aromatic rings. The van der Waals surface area contributed by atoms with Gasteiger partial charge in [-0.3, -0.25) is 4.79 Å². The average molecular weight is 314 g/mol. The summed E-state index contributed by atoms with van der Waals surface area (Å²) in [4.78, 5) is 12.8. The number of carbonyl (C=O) groups is 1. The summed E-state index contributed by atoms with van der Waals surface area (Å²) >= 11 is 5.94. The van der Waals surface area contributed by atoms with Crippen molar-refractivity contribution in [1.29, 1.82) is 0 Å². The molecule has 0 aliphatic heterocycles. The van der Waals surface area contributed by atoms with Crippen LogP contribution in [0, 0.1) is 6.92 Å². The van der Waals surface area contributed by atoms with Crippen molar-refractivity contribution >= 4 is 17.5 Å². The third-order valence-corrected chi connectivity index (χ3v) is 4.84. The largest absolute Gasteiger partial charge is 0.349 e. The Hall–Kier alpha value is -1.80. The van der Waals surface area contributed by atoms with E-state index < -0.39 is 0 Å². The zero-order valence-electron chi connectivity index (χ0n) is 12.9. The van der Waals surface area contributed by atoms with E-state index in [1.54, 1.807) is 0 Å². The van der Waals surface area contributed by atoms with E-state index in [-0.39, 0.29) is 17.4 Å². The van der Waals surface area contributed by atoms with Gasteiger partial charge in [0.05, 0.1) is 11.5 Å². The maximum atomic E-state index is 12.8. The smallest absolute Gasteiger partial charge is 0.231 e. The Kier molecular flexibility index (Phi) is 3.96. The van der Waals surface area contributed by atoms with Crippen molar-refractivity contribution in [3.8, 4) is 0 Å². The fourth-order valence-corrected chi connectivity index (χ4v) is 3.15. The summed E-state index contributed by atoms with van der Waals surface area (Å²) in [5.74, 6) is 0.116. The lowest BCUT2D eigenvalue weighted by Crippen LogP contribution is -2.36. The molecule has 0 bridgehead atoms. The van der Waals surface area contributed by atoms with E-state index >= 15 is 0 Å². The van der Waals surface area contributed by atoms with Crippen LogP contribution in [0.5, 0.6) is 0 Å². The fourth-order valence-electron chi connectivity index (χ4n) is 3.03. The van der Waals surface area contributed by atoms with Gasteiger partial charge in [-0.25, -0.2) is 0 Å². The molecule has 1 fully saturated rings. The van der Waals surface area contributed by atoms with Gasteiger partial charge in [-0.1, -0.05) is 48.0 Å². The summed E-state index contributed by atoms with van der Waals surface area (Å²) in [6.45, 7) is 4.11. The van der Waals surface area contributed by atoms with Gasteiger partial charge in [-0.2, -0.15) is 0 Å². The standard InChI is InChI=1S/C19H20ClNO/c1-13-5-3-4-6-17(13)14(2)21-18(22)19(11-12-19)15-7-9-16(20)10-8-15/h3-10,14H,11-12H2,1-2H3,(H,21,22). The normalized spacial score (nSPS) is 16.9. The number of halogens is 1. The summed E-state index contributed by atoms with van der Waals surface area (Å²) < 4.78 is 0. The molecule has 0 radical (unpaired) electrons. The van der Waals surface area contributed by atoms with Crippen molar-refractivity contribution in [2.45, 2.75) is 38.1 Å². The molecule has 2 aromatic carbocycles. The lowest BCUT2D eigenvalue weighted by Gasteiger charge is -2.21. The predicted octanol–water partition coefficient (Wildman–Crippen LogP) is 4.56. The molecule has 114 valence electrons.